The molecular weight excluding hydrogens is 646 g/mol. The Labute approximate surface area is 276 Å². The van der Waals surface area contributed by atoms with E-state index in [0.717, 1.165) is 56.9 Å². The van der Waals surface area contributed by atoms with E-state index in [0.29, 0.717) is 32.7 Å². The second-order valence-corrected chi connectivity index (χ2v) is 16.2. The van der Waals surface area contributed by atoms with E-state index in [2.05, 4.69) is 9.29 Å². The van der Waals surface area contributed by atoms with E-state index >= 15 is 0 Å². The molecule has 1 atom stereocenters. The zero-order valence-corrected chi connectivity index (χ0v) is 29.2. The summed E-state index contributed by atoms with van der Waals surface area (Å²) in [6.45, 7) is 11.9. The molecule has 46 heavy (non-hydrogen) atoms. The molecule has 1 aliphatic rings. The van der Waals surface area contributed by atoms with Crippen molar-refractivity contribution in [3.8, 4) is 5.75 Å². The number of hydrogen-bond donors (Lipinski definition) is 1. The van der Waals surface area contributed by atoms with Crippen LogP contribution in [-0.2, 0) is 26.6 Å². The molecule has 2 heterocycles. The first-order valence-electron chi connectivity index (χ1n) is 15.4. The number of amides is 1. The molecule has 9 nitrogen and oxygen atoms in total. The number of aryl methyl sites for hydroxylation is 4. The molecule has 1 aliphatic heterocycles. The van der Waals surface area contributed by atoms with Gasteiger partial charge in [-0.3, -0.25) is 4.79 Å². The Morgan fingerprint density at radius 2 is 1.61 bits per heavy atom. The Morgan fingerprint density at radius 1 is 0.957 bits per heavy atom. The Balaban J connectivity index is 1.29. The van der Waals surface area contributed by atoms with Crippen LogP contribution >= 0.6 is 11.6 Å². The molecule has 3 aromatic carbocycles. The summed E-state index contributed by atoms with van der Waals surface area (Å²) in [5.41, 5.74) is 5.05. The fourth-order valence-corrected chi connectivity index (χ4v) is 8.71. The normalized spacial score (nSPS) is 16.1. The van der Waals surface area contributed by atoms with Crippen LogP contribution in [0.3, 0.4) is 0 Å². The van der Waals surface area contributed by atoms with Gasteiger partial charge in [0.1, 0.15) is 5.75 Å². The van der Waals surface area contributed by atoms with Crippen molar-refractivity contribution < 1.29 is 26.4 Å². The minimum Gasteiger partial charge on any atom is -0.494 e. The molecular formula is C34H40ClN3O6S2. The third kappa shape index (κ3) is 6.97. The van der Waals surface area contributed by atoms with Gasteiger partial charge in [0, 0.05) is 46.8 Å². The minimum atomic E-state index is -4.26. The van der Waals surface area contributed by atoms with Gasteiger partial charge in [0.15, 0.2) is 0 Å². The zero-order chi connectivity index (χ0) is 33.4. The molecule has 1 amide bonds. The number of hydrogen-bond acceptors (Lipinski definition) is 6. The summed E-state index contributed by atoms with van der Waals surface area (Å²) in [6, 6.07) is 13.9. The van der Waals surface area contributed by atoms with Gasteiger partial charge >= 0.3 is 0 Å². The topological polar surface area (TPSA) is 115 Å². The summed E-state index contributed by atoms with van der Waals surface area (Å²) in [7, 11) is -8.00. The van der Waals surface area contributed by atoms with Crippen molar-refractivity contribution in [3.05, 3.63) is 87.6 Å². The number of nitrogens with one attached hydrogen (secondary N) is 1. The van der Waals surface area contributed by atoms with Crippen molar-refractivity contribution in [2.75, 3.05) is 19.7 Å². The van der Waals surface area contributed by atoms with Gasteiger partial charge in [0.25, 0.3) is 15.9 Å². The third-order valence-corrected chi connectivity index (χ3v) is 12.5. The summed E-state index contributed by atoms with van der Waals surface area (Å²) in [4.78, 5) is 13.0. The van der Waals surface area contributed by atoms with Crippen molar-refractivity contribution in [2.24, 2.45) is 5.92 Å². The number of carbonyl (C=O) groups is 1. The Bertz CT molecular complexity index is 1980. The molecule has 1 aromatic heterocycles. The second kappa shape index (κ2) is 13.4. The molecule has 0 bridgehead atoms. The number of nitrogens with zero attached hydrogens (tertiary/aromatic N) is 2. The molecule has 0 saturated carbocycles. The first kappa shape index (κ1) is 34.0. The highest BCUT2D eigenvalue weighted by atomic mass is 35.5. The number of rotatable bonds is 10. The van der Waals surface area contributed by atoms with Crippen LogP contribution in [0.25, 0.3) is 10.9 Å². The smallest absolute Gasteiger partial charge is 0.265 e. The lowest BCUT2D eigenvalue weighted by atomic mass is 10.0. The predicted molar refractivity (Wildman–Crippen MR) is 181 cm³/mol. The largest absolute Gasteiger partial charge is 0.494 e. The summed E-state index contributed by atoms with van der Waals surface area (Å²) in [5, 5.41) is 1.71. The maximum absolute atomic E-state index is 13.2. The Hall–Kier alpha value is -3.38. The fraction of sp³-hybridized carbons (Fsp3) is 0.382. The van der Waals surface area contributed by atoms with Crippen molar-refractivity contribution in [2.45, 2.75) is 70.2 Å². The molecule has 0 spiro atoms. The highest BCUT2D eigenvalue weighted by molar-refractivity contribution is 7.90. The van der Waals surface area contributed by atoms with Crippen LogP contribution < -0.4 is 9.46 Å². The quantitative estimate of drug-likeness (QED) is 0.190. The predicted octanol–water partition coefficient (Wildman–Crippen LogP) is 6.54. The molecule has 246 valence electrons. The molecule has 0 unspecified atom stereocenters. The molecule has 12 heteroatoms. The number of carbonyl (C=O) groups excluding carboxylic acids is 1. The Morgan fingerprint density at radius 3 is 2.26 bits per heavy atom. The summed E-state index contributed by atoms with van der Waals surface area (Å²) >= 11 is 6.27. The van der Waals surface area contributed by atoms with E-state index in [4.69, 9.17) is 16.3 Å². The molecule has 1 N–H and O–H groups in total. The number of sulfonamides is 2. The van der Waals surface area contributed by atoms with Crippen LogP contribution in [0.15, 0.2) is 64.4 Å². The Kier molecular flexibility index (Phi) is 9.89. The number of aromatic nitrogens is 1. The third-order valence-electron chi connectivity index (χ3n) is 8.73. The molecule has 0 aliphatic carbocycles. The maximum atomic E-state index is 13.2. The lowest BCUT2D eigenvalue weighted by molar-refractivity contribution is 0.0981. The van der Waals surface area contributed by atoms with Crippen LogP contribution in [-0.4, -0.2) is 51.3 Å². The van der Waals surface area contributed by atoms with E-state index in [1.54, 1.807) is 12.1 Å². The first-order valence-corrected chi connectivity index (χ1v) is 18.7. The van der Waals surface area contributed by atoms with Crippen molar-refractivity contribution in [1.29, 1.82) is 0 Å². The van der Waals surface area contributed by atoms with Crippen molar-refractivity contribution in [1.82, 2.24) is 13.6 Å². The summed E-state index contributed by atoms with van der Waals surface area (Å²) in [5.74, 6) is 0.245. The average molecular weight is 686 g/mol. The van der Waals surface area contributed by atoms with Crippen LogP contribution in [0.4, 0.5) is 0 Å². The van der Waals surface area contributed by atoms with Crippen LogP contribution in [0.1, 0.15) is 58.9 Å². The van der Waals surface area contributed by atoms with Crippen molar-refractivity contribution in [3.63, 3.8) is 0 Å². The number of benzene rings is 3. The summed E-state index contributed by atoms with van der Waals surface area (Å²) < 4.78 is 64.2. The highest BCUT2D eigenvalue weighted by Crippen LogP contribution is 2.29. The van der Waals surface area contributed by atoms with Crippen LogP contribution in [0, 0.1) is 33.6 Å². The second-order valence-electron chi connectivity index (χ2n) is 12.2. The number of piperidine rings is 1. The van der Waals surface area contributed by atoms with Crippen molar-refractivity contribution >= 4 is 48.5 Å². The van der Waals surface area contributed by atoms with Crippen LogP contribution in [0.2, 0.25) is 5.02 Å². The SMILES string of the molecule is Cc1cc(OCCCn2c(C)c(C)c3ccc(C(=O)NS(=O)(=O)c4ccc(S(=O)(=O)N5CCC[C@@H](C)C5)cc4)cc32)cc(C)c1Cl. The van der Waals surface area contributed by atoms with Gasteiger partial charge in [-0.25, -0.2) is 21.6 Å². The van der Waals surface area contributed by atoms with Gasteiger partial charge in [-0.2, -0.15) is 4.31 Å². The maximum Gasteiger partial charge on any atom is 0.265 e. The molecule has 4 aromatic rings. The standard InChI is InChI=1S/C34H40ClN3O6S2/c1-22-8-6-15-37(21-22)46(42,43)30-12-10-29(11-13-30)45(40,41)36-34(39)27-9-14-31-25(4)26(5)38(32(31)20-27)16-7-17-44-28-18-23(2)33(35)24(3)19-28/h9-14,18-20,22H,6-8,15-17,21H2,1-5H3,(H,36,39)/t22-/m1/s1. The van der Waals surface area contributed by atoms with Gasteiger partial charge in [0.2, 0.25) is 10.0 Å². The molecule has 1 saturated heterocycles. The highest BCUT2D eigenvalue weighted by Gasteiger charge is 2.29. The van der Waals surface area contributed by atoms with E-state index in [1.165, 1.54) is 28.6 Å². The first-order chi connectivity index (χ1) is 21.7. The van der Waals surface area contributed by atoms with Crippen LogP contribution in [0.5, 0.6) is 5.75 Å². The van der Waals surface area contributed by atoms with Gasteiger partial charge in [0.05, 0.1) is 16.4 Å². The monoisotopic (exact) mass is 685 g/mol. The van der Waals surface area contributed by atoms with E-state index in [-0.39, 0.29) is 21.3 Å². The molecule has 5 rings (SSSR count). The van der Waals surface area contributed by atoms with Gasteiger partial charge in [-0.1, -0.05) is 24.6 Å². The van der Waals surface area contributed by atoms with Gasteiger partial charge in [-0.05, 0) is 118 Å². The van der Waals surface area contributed by atoms with Gasteiger partial charge < -0.3 is 9.30 Å². The lowest BCUT2D eigenvalue weighted by Gasteiger charge is -2.30. The minimum absolute atomic E-state index is 0.0209. The van der Waals surface area contributed by atoms with E-state index in [1.807, 2.05) is 52.8 Å². The number of halogens is 1. The van der Waals surface area contributed by atoms with Gasteiger partial charge in [-0.15, -0.1) is 0 Å². The fourth-order valence-electron chi connectivity index (χ4n) is 6.03. The summed E-state index contributed by atoms with van der Waals surface area (Å²) in [6.07, 6.45) is 2.46. The van der Waals surface area contributed by atoms with E-state index in [9.17, 15) is 21.6 Å². The molecule has 0 radical (unpaired) electrons. The zero-order valence-electron chi connectivity index (χ0n) is 26.8. The van der Waals surface area contributed by atoms with E-state index < -0.39 is 26.0 Å². The number of ether oxygens (including phenoxy) is 1. The number of fused-ring (bicyclic) bond motifs is 1. The lowest BCUT2D eigenvalue weighted by Crippen LogP contribution is -2.39. The molecule has 1 fully saturated rings. The average Bonchev–Trinajstić information content (AvgIpc) is 3.25.